The number of nitrogens with one attached hydrogen (secondary N) is 1. The predicted octanol–water partition coefficient (Wildman–Crippen LogP) is 1.58. The molecule has 0 saturated carbocycles. The Bertz CT molecular complexity index is 360. The first kappa shape index (κ1) is 10.1. The van der Waals surface area contributed by atoms with E-state index in [-0.39, 0.29) is 0 Å². The molecular weight excluding hydrogens is 198 g/mol. The third kappa shape index (κ3) is 1.69. The summed E-state index contributed by atoms with van der Waals surface area (Å²) in [5.41, 5.74) is 2.39. The van der Waals surface area contributed by atoms with Gasteiger partial charge in [-0.2, -0.15) is 0 Å². The van der Waals surface area contributed by atoms with Crippen molar-refractivity contribution in [2.75, 3.05) is 24.5 Å². The van der Waals surface area contributed by atoms with Crippen molar-refractivity contribution in [3.63, 3.8) is 0 Å². The van der Waals surface area contributed by atoms with Crippen LogP contribution in [0.15, 0.2) is 18.3 Å². The summed E-state index contributed by atoms with van der Waals surface area (Å²) in [6.07, 6.45) is 4.72. The van der Waals surface area contributed by atoms with Crippen LogP contribution >= 0.6 is 0 Å². The summed E-state index contributed by atoms with van der Waals surface area (Å²) in [5.74, 6) is 0.843. The molecule has 0 amide bonds. The van der Waals surface area contributed by atoms with Crippen LogP contribution in [0.1, 0.15) is 18.5 Å². The lowest BCUT2D eigenvalue weighted by Crippen LogP contribution is -2.45. The van der Waals surface area contributed by atoms with Crippen LogP contribution in [0.2, 0.25) is 0 Å². The number of piperidine rings is 1. The van der Waals surface area contributed by atoms with Crippen molar-refractivity contribution in [3.05, 3.63) is 24.0 Å². The SMILES string of the molecule is Cc1ccc(N2CCC[C@H]3CNC[C@H]32)cn1. The van der Waals surface area contributed by atoms with Gasteiger partial charge in [0.05, 0.1) is 11.9 Å². The second-order valence-electron chi connectivity index (χ2n) is 4.98. The lowest BCUT2D eigenvalue weighted by Gasteiger charge is -2.38. The largest absolute Gasteiger partial charge is 0.366 e. The Morgan fingerprint density at radius 3 is 3.12 bits per heavy atom. The van der Waals surface area contributed by atoms with E-state index in [1.807, 2.05) is 13.1 Å². The first-order chi connectivity index (χ1) is 7.84. The molecule has 1 aromatic heterocycles. The van der Waals surface area contributed by atoms with E-state index in [4.69, 9.17) is 0 Å². The molecular formula is C13H19N3. The molecule has 0 aliphatic carbocycles. The fraction of sp³-hybridized carbons (Fsp3) is 0.615. The molecule has 3 rings (SSSR count). The lowest BCUT2D eigenvalue weighted by atomic mass is 9.92. The summed E-state index contributed by atoms with van der Waals surface area (Å²) in [4.78, 5) is 6.95. The smallest absolute Gasteiger partial charge is 0.0556 e. The molecule has 0 spiro atoms. The average Bonchev–Trinajstić information content (AvgIpc) is 2.78. The maximum atomic E-state index is 4.41. The van der Waals surface area contributed by atoms with Gasteiger partial charge in [0.25, 0.3) is 0 Å². The Morgan fingerprint density at radius 1 is 1.38 bits per heavy atom. The van der Waals surface area contributed by atoms with Gasteiger partial charge in [-0.15, -0.1) is 0 Å². The van der Waals surface area contributed by atoms with E-state index < -0.39 is 0 Å². The number of aryl methyl sites for hydroxylation is 1. The first-order valence-corrected chi connectivity index (χ1v) is 6.24. The van der Waals surface area contributed by atoms with Gasteiger partial charge < -0.3 is 10.2 Å². The van der Waals surface area contributed by atoms with Gasteiger partial charge in [0, 0.05) is 31.4 Å². The molecule has 2 aliphatic heterocycles. The summed E-state index contributed by atoms with van der Waals surface area (Å²) >= 11 is 0. The Hall–Kier alpha value is -1.09. The third-order valence-electron chi connectivity index (χ3n) is 3.91. The van der Waals surface area contributed by atoms with Crippen molar-refractivity contribution in [2.24, 2.45) is 5.92 Å². The molecule has 0 unspecified atom stereocenters. The van der Waals surface area contributed by atoms with Gasteiger partial charge in [0.15, 0.2) is 0 Å². The summed E-state index contributed by atoms with van der Waals surface area (Å²) in [7, 11) is 0. The van der Waals surface area contributed by atoms with E-state index in [2.05, 4.69) is 27.3 Å². The average molecular weight is 217 g/mol. The maximum absolute atomic E-state index is 4.41. The Kier molecular flexibility index (Phi) is 2.56. The molecule has 0 radical (unpaired) electrons. The topological polar surface area (TPSA) is 28.2 Å². The van der Waals surface area contributed by atoms with Gasteiger partial charge in [-0.05, 0) is 37.8 Å². The van der Waals surface area contributed by atoms with Gasteiger partial charge >= 0.3 is 0 Å². The highest BCUT2D eigenvalue weighted by Gasteiger charge is 2.34. The molecule has 3 heteroatoms. The highest BCUT2D eigenvalue weighted by Crippen LogP contribution is 2.30. The quantitative estimate of drug-likeness (QED) is 0.774. The highest BCUT2D eigenvalue weighted by molar-refractivity contribution is 5.46. The van der Waals surface area contributed by atoms with Crippen molar-refractivity contribution in [2.45, 2.75) is 25.8 Å². The summed E-state index contributed by atoms with van der Waals surface area (Å²) < 4.78 is 0. The molecule has 0 bridgehead atoms. The van der Waals surface area contributed by atoms with Gasteiger partial charge in [-0.3, -0.25) is 4.98 Å². The second kappa shape index (κ2) is 4.06. The Morgan fingerprint density at radius 2 is 2.31 bits per heavy atom. The molecule has 3 heterocycles. The molecule has 2 fully saturated rings. The number of aromatic nitrogens is 1. The van der Waals surface area contributed by atoms with E-state index in [9.17, 15) is 0 Å². The lowest BCUT2D eigenvalue weighted by molar-refractivity contribution is 0.385. The maximum Gasteiger partial charge on any atom is 0.0556 e. The zero-order valence-electron chi connectivity index (χ0n) is 9.82. The van der Waals surface area contributed by atoms with Crippen LogP contribution in [0.25, 0.3) is 0 Å². The molecule has 2 saturated heterocycles. The molecule has 2 aliphatic rings. The molecule has 3 nitrogen and oxygen atoms in total. The summed E-state index contributed by atoms with van der Waals surface area (Å²) in [6, 6.07) is 5.02. The fourth-order valence-corrected chi connectivity index (χ4v) is 3.02. The number of hydrogen-bond donors (Lipinski definition) is 1. The van der Waals surface area contributed by atoms with E-state index in [0.29, 0.717) is 6.04 Å². The highest BCUT2D eigenvalue weighted by atomic mass is 15.2. The Labute approximate surface area is 96.9 Å². The molecule has 2 atom stereocenters. The van der Waals surface area contributed by atoms with Crippen LogP contribution in [-0.4, -0.2) is 30.7 Å². The third-order valence-corrected chi connectivity index (χ3v) is 3.91. The fourth-order valence-electron chi connectivity index (χ4n) is 3.02. The van der Waals surface area contributed by atoms with Gasteiger partial charge in [0.2, 0.25) is 0 Å². The van der Waals surface area contributed by atoms with E-state index in [0.717, 1.165) is 18.2 Å². The molecule has 1 N–H and O–H groups in total. The number of hydrogen-bond acceptors (Lipinski definition) is 3. The first-order valence-electron chi connectivity index (χ1n) is 6.24. The monoisotopic (exact) mass is 217 g/mol. The minimum absolute atomic E-state index is 0.693. The van der Waals surface area contributed by atoms with Crippen LogP contribution in [-0.2, 0) is 0 Å². The van der Waals surface area contributed by atoms with E-state index in [1.165, 1.54) is 31.6 Å². The number of pyridine rings is 1. The van der Waals surface area contributed by atoms with Crippen LogP contribution in [0.3, 0.4) is 0 Å². The van der Waals surface area contributed by atoms with Crippen molar-refractivity contribution >= 4 is 5.69 Å². The van der Waals surface area contributed by atoms with Crippen molar-refractivity contribution in [1.82, 2.24) is 10.3 Å². The van der Waals surface area contributed by atoms with Crippen molar-refractivity contribution in [3.8, 4) is 0 Å². The van der Waals surface area contributed by atoms with Crippen LogP contribution in [0, 0.1) is 12.8 Å². The summed E-state index contributed by atoms with van der Waals surface area (Å²) in [5, 5.41) is 3.51. The van der Waals surface area contributed by atoms with Crippen molar-refractivity contribution < 1.29 is 0 Å². The van der Waals surface area contributed by atoms with Gasteiger partial charge in [0.1, 0.15) is 0 Å². The summed E-state index contributed by atoms with van der Waals surface area (Å²) in [6.45, 7) is 5.56. The Balaban J connectivity index is 1.85. The molecule has 1 aromatic rings. The minimum Gasteiger partial charge on any atom is -0.366 e. The molecule has 16 heavy (non-hydrogen) atoms. The zero-order valence-corrected chi connectivity index (χ0v) is 9.82. The van der Waals surface area contributed by atoms with Crippen molar-refractivity contribution in [1.29, 1.82) is 0 Å². The number of anilines is 1. The second-order valence-corrected chi connectivity index (χ2v) is 4.98. The van der Waals surface area contributed by atoms with Gasteiger partial charge in [-0.25, -0.2) is 0 Å². The van der Waals surface area contributed by atoms with Crippen LogP contribution in [0.4, 0.5) is 5.69 Å². The minimum atomic E-state index is 0.693. The zero-order chi connectivity index (χ0) is 11.0. The molecule has 0 aromatic carbocycles. The van der Waals surface area contributed by atoms with Crippen LogP contribution < -0.4 is 10.2 Å². The van der Waals surface area contributed by atoms with Crippen LogP contribution in [0.5, 0.6) is 0 Å². The van der Waals surface area contributed by atoms with E-state index in [1.54, 1.807) is 0 Å². The normalized spacial score (nSPS) is 29.2. The number of rotatable bonds is 1. The number of fused-ring (bicyclic) bond motifs is 1. The standard InChI is InChI=1S/C13H19N3/c1-10-4-5-12(8-15-10)16-6-2-3-11-7-14-9-13(11)16/h4-5,8,11,13-14H,2-3,6-7,9H2,1H3/t11-,13+/m0/s1. The van der Waals surface area contributed by atoms with Gasteiger partial charge in [-0.1, -0.05) is 0 Å². The molecule has 86 valence electrons. The predicted molar refractivity (Wildman–Crippen MR) is 65.7 cm³/mol. The number of nitrogens with zero attached hydrogens (tertiary/aromatic N) is 2. The van der Waals surface area contributed by atoms with E-state index >= 15 is 0 Å².